The lowest BCUT2D eigenvalue weighted by Gasteiger charge is -2.18. The molecule has 0 bridgehead atoms. The molecule has 1 aliphatic rings. The first-order valence-electron chi connectivity index (χ1n) is 8.18. The summed E-state index contributed by atoms with van der Waals surface area (Å²) < 4.78 is 12.0. The summed E-state index contributed by atoms with van der Waals surface area (Å²) in [5.41, 5.74) is 1.32. The topological polar surface area (TPSA) is 73.7 Å². The number of amides is 1. The number of aromatic nitrogens is 2. The Morgan fingerprint density at radius 2 is 2.00 bits per heavy atom. The Labute approximate surface area is 149 Å². The van der Waals surface area contributed by atoms with E-state index in [1.54, 1.807) is 30.1 Å². The second-order valence-electron chi connectivity index (χ2n) is 6.13. The van der Waals surface area contributed by atoms with Crippen LogP contribution in [0.25, 0.3) is 10.9 Å². The maximum absolute atomic E-state index is 12.5. The Morgan fingerprint density at radius 1 is 1.19 bits per heavy atom. The summed E-state index contributed by atoms with van der Waals surface area (Å²) in [7, 11) is 1.70. The van der Waals surface area contributed by atoms with Crippen LogP contribution in [0.1, 0.15) is 5.56 Å². The van der Waals surface area contributed by atoms with E-state index in [4.69, 9.17) is 9.47 Å². The van der Waals surface area contributed by atoms with E-state index in [1.165, 1.54) is 10.9 Å². The van der Waals surface area contributed by atoms with Crippen molar-refractivity contribution in [1.29, 1.82) is 0 Å². The van der Waals surface area contributed by atoms with Gasteiger partial charge in [-0.25, -0.2) is 4.98 Å². The number of hydrogen-bond acceptors (Lipinski definition) is 5. The van der Waals surface area contributed by atoms with Crippen LogP contribution in [-0.2, 0) is 17.9 Å². The Kier molecular flexibility index (Phi) is 4.04. The summed E-state index contributed by atoms with van der Waals surface area (Å²) in [5.74, 6) is 1.21. The van der Waals surface area contributed by atoms with E-state index in [2.05, 4.69) is 4.98 Å². The van der Waals surface area contributed by atoms with E-state index in [0.717, 1.165) is 5.56 Å². The quantitative estimate of drug-likeness (QED) is 0.716. The standard InChI is InChI=1S/C19H17N3O4/c1-21(9-13-6-7-16-17(8-13)26-12-25-16)18(23)10-22-11-20-15-5-3-2-4-14(15)19(22)24/h2-8,11H,9-10,12H2,1H3. The molecule has 26 heavy (non-hydrogen) atoms. The number of rotatable bonds is 4. The van der Waals surface area contributed by atoms with Crippen LogP contribution >= 0.6 is 0 Å². The highest BCUT2D eigenvalue weighted by Gasteiger charge is 2.16. The van der Waals surface area contributed by atoms with Crippen LogP contribution in [0, 0.1) is 0 Å². The van der Waals surface area contributed by atoms with Crippen molar-refractivity contribution in [3.05, 3.63) is 64.7 Å². The van der Waals surface area contributed by atoms with Gasteiger partial charge in [0.1, 0.15) is 6.54 Å². The molecule has 0 saturated heterocycles. The van der Waals surface area contributed by atoms with Crippen LogP contribution in [0.2, 0.25) is 0 Å². The van der Waals surface area contributed by atoms with Gasteiger partial charge in [0.15, 0.2) is 11.5 Å². The van der Waals surface area contributed by atoms with E-state index in [0.29, 0.717) is 28.9 Å². The number of hydrogen-bond donors (Lipinski definition) is 0. The Balaban J connectivity index is 1.49. The van der Waals surface area contributed by atoms with E-state index in [9.17, 15) is 9.59 Å². The third-order valence-corrected chi connectivity index (χ3v) is 4.32. The third kappa shape index (κ3) is 2.99. The van der Waals surface area contributed by atoms with Gasteiger partial charge in [0.2, 0.25) is 12.7 Å². The fourth-order valence-corrected chi connectivity index (χ4v) is 2.89. The van der Waals surface area contributed by atoms with Crippen LogP contribution in [-0.4, -0.2) is 34.2 Å². The maximum atomic E-state index is 12.5. The van der Waals surface area contributed by atoms with Crippen LogP contribution in [0.15, 0.2) is 53.6 Å². The molecule has 2 heterocycles. The van der Waals surface area contributed by atoms with Crippen LogP contribution < -0.4 is 15.0 Å². The first kappa shape index (κ1) is 16.1. The summed E-state index contributed by atoms with van der Waals surface area (Å²) >= 11 is 0. The molecule has 1 amide bonds. The second-order valence-corrected chi connectivity index (χ2v) is 6.13. The molecule has 3 aromatic rings. The average Bonchev–Trinajstić information content (AvgIpc) is 3.12. The molecule has 0 fully saturated rings. The molecule has 0 spiro atoms. The highest BCUT2D eigenvalue weighted by molar-refractivity contribution is 5.78. The predicted molar refractivity (Wildman–Crippen MR) is 95.0 cm³/mol. The van der Waals surface area contributed by atoms with E-state index < -0.39 is 0 Å². The van der Waals surface area contributed by atoms with E-state index in [-0.39, 0.29) is 24.8 Å². The van der Waals surface area contributed by atoms with E-state index in [1.807, 2.05) is 24.3 Å². The summed E-state index contributed by atoms with van der Waals surface area (Å²) in [4.78, 5) is 30.8. The van der Waals surface area contributed by atoms with Gasteiger partial charge in [0.05, 0.1) is 17.2 Å². The summed E-state index contributed by atoms with van der Waals surface area (Å²) in [6.07, 6.45) is 1.41. The third-order valence-electron chi connectivity index (χ3n) is 4.32. The molecule has 0 unspecified atom stereocenters. The number of likely N-dealkylation sites (N-methyl/N-ethyl adjacent to an activating group) is 1. The number of para-hydroxylation sites is 1. The molecule has 2 aromatic carbocycles. The monoisotopic (exact) mass is 351 g/mol. The Hall–Kier alpha value is -3.35. The van der Waals surface area contributed by atoms with Gasteiger partial charge in [-0.05, 0) is 29.8 Å². The predicted octanol–water partition coefficient (Wildman–Crippen LogP) is 1.78. The zero-order chi connectivity index (χ0) is 18.1. The SMILES string of the molecule is CN(Cc1ccc2c(c1)OCO2)C(=O)Cn1cnc2ccccc2c1=O. The lowest BCUT2D eigenvalue weighted by molar-refractivity contribution is -0.131. The lowest BCUT2D eigenvalue weighted by Crippen LogP contribution is -2.33. The minimum atomic E-state index is -0.222. The van der Waals surface area contributed by atoms with E-state index >= 15 is 0 Å². The molecular weight excluding hydrogens is 334 g/mol. The van der Waals surface area contributed by atoms with Crippen molar-refractivity contribution in [2.45, 2.75) is 13.1 Å². The first-order chi connectivity index (χ1) is 12.6. The maximum Gasteiger partial charge on any atom is 0.261 e. The van der Waals surface area contributed by atoms with Gasteiger partial charge in [0, 0.05) is 13.6 Å². The van der Waals surface area contributed by atoms with Crippen LogP contribution in [0.5, 0.6) is 11.5 Å². The molecule has 0 N–H and O–H groups in total. The molecule has 7 heteroatoms. The molecule has 1 aliphatic heterocycles. The number of nitrogens with zero attached hydrogens (tertiary/aromatic N) is 3. The van der Waals surface area contributed by atoms with Crippen molar-refractivity contribution in [2.24, 2.45) is 0 Å². The highest BCUT2D eigenvalue weighted by atomic mass is 16.7. The highest BCUT2D eigenvalue weighted by Crippen LogP contribution is 2.32. The lowest BCUT2D eigenvalue weighted by atomic mass is 10.2. The molecule has 132 valence electrons. The van der Waals surface area contributed by atoms with Crippen LogP contribution in [0.4, 0.5) is 0 Å². The molecule has 0 aliphatic carbocycles. The Bertz CT molecular complexity index is 1040. The number of fused-ring (bicyclic) bond motifs is 2. The van der Waals surface area contributed by atoms with Gasteiger partial charge in [-0.3, -0.25) is 14.2 Å². The molecule has 0 radical (unpaired) electrons. The van der Waals surface area contributed by atoms with Crippen molar-refractivity contribution >= 4 is 16.8 Å². The molecule has 1 aromatic heterocycles. The number of benzene rings is 2. The van der Waals surface area contributed by atoms with Gasteiger partial charge in [0.25, 0.3) is 5.56 Å². The normalized spacial score (nSPS) is 12.3. The average molecular weight is 351 g/mol. The number of ether oxygens (including phenoxy) is 2. The molecule has 0 atom stereocenters. The van der Waals surface area contributed by atoms with Crippen LogP contribution in [0.3, 0.4) is 0 Å². The second kappa shape index (κ2) is 6.51. The van der Waals surface area contributed by atoms with Gasteiger partial charge >= 0.3 is 0 Å². The fourth-order valence-electron chi connectivity index (χ4n) is 2.89. The molecular formula is C19H17N3O4. The van der Waals surface area contributed by atoms with Crippen molar-refractivity contribution in [3.8, 4) is 11.5 Å². The summed E-state index contributed by atoms with van der Waals surface area (Å²) in [6, 6.07) is 12.7. The largest absolute Gasteiger partial charge is 0.454 e. The van der Waals surface area contributed by atoms with Gasteiger partial charge in [-0.2, -0.15) is 0 Å². The van der Waals surface area contributed by atoms with Crippen molar-refractivity contribution in [2.75, 3.05) is 13.8 Å². The first-order valence-corrected chi connectivity index (χ1v) is 8.18. The van der Waals surface area contributed by atoms with Crippen molar-refractivity contribution in [1.82, 2.24) is 14.5 Å². The van der Waals surface area contributed by atoms with Gasteiger partial charge < -0.3 is 14.4 Å². The zero-order valence-electron chi connectivity index (χ0n) is 14.2. The smallest absolute Gasteiger partial charge is 0.261 e. The van der Waals surface area contributed by atoms with Gasteiger partial charge in [-0.1, -0.05) is 18.2 Å². The molecule has 4 rings (SSSR count). The number of carbonyl (C=O) groups is 1. The minimum absolute atomic E-state index is 0.0578. The van der Waals surface area contributed by atoms with Crippen molar-refractivity contribution in [3.63, 3.8) is 0 Å². The Morgan fingerprint density at radius 3 is 2.88 bits per heavy atom. The zero-order valence-corrected chi connectivity index (χ0v) is 14.2. The fraction of sp³-hybridized carbons (Fsp3) is 0.211. The summed E-state index contributed by atoms with van der Waals surface area (Å²) in [6.45, 7) is 0.564. The summed E-state index contributed by atoms with van der Waals surface area (Å²) in [5, 5.41) is 0.501. The minimum Gasteiger partial charge on any atom is -0.454 e. The number of carbonyl (C=O) groups excluding carboxylic acids is 1. The molecule has 7 nitrogen and oxygen atoms in total. The molecule has 0 saturated carbocycles. The van der Waals surface area contributed by atoms with Gasteiger partial charge in [-0.15, -0.1) is 0 Å². The van der Waals surface area contributed by atoms with Crippen molar-refractivity contribution < 1.29 is 14.3 Å².